The van der Waals surface area contributed by atoms with Crippen LogP contribution in [-0.2, 0) is 10.0 Å². The summed E-state index contributed by atoms with van der Waals surface area (Å²) in [7, 11) is -3.24. The van der Waals surface area contributed by atoms with Crippen molar-refractivity contribution in [1.29, 1.82) is 0 Å². The molecule has 2 N–H and O–H groups in total. The number of halogens is 1. The molecular weight excluding hydrogens is 290 g/mol. The largest absolute Gasteiger partial charge is 0.386 e. The fourth-order valence-corrected chi connectivity index (χ4v) is 2.71. The Kier molecular flexibility index (Phi) is 4.08. The molecule has 1 heterocycles. The van der Waals surface area contributed by atoms with Crippen LogP contribution in [0.25, 0.3) is 0 Å². The van der Waals surface area contributed by atoms with Crippen LogP contribution in [0.3, 0.4) is 0 Å². The molecule has 0 bridgehead atoms. The van der Waals surface area contributed by atoms with Crippen LogP contribution >= 0.6 is 27.3 Å². The Bertz CT molecular complexity index is 401. The van der Waals surface area contributed by atoms with Crippen LogP contribution in [0.15, 0.2) is 15.9 Å². The molecular formula is C7H10BrNO3S2. The molecule has 1 aromatic rings. The van der Waals surface area contributed by atoms with Gasteiger partial charge in [-0.2, -0.15) is 0 Å². The van der Waals surface area contributed by atoms with E-state index < -0.39 is 16.1 Å². The highest BCUT2D eigenvalue weighted by Crippen LogP contribution is 2.26. The van der Waals surface area contributed by atoms with Crippen LogP contribution in [0, 0.1) is 0 Å². The van der Waals surface area contributed by atoms with Gasteiger partial charge in [0.1, 0.15) is 6.10 Å². The van der Waals surface area contributed by atoms with Crippen LogP contribution in [0.5, 0.6) is 0 Å². The molecule has 4 nitrogen and oxygen atoms in total. The number of aliphatic hydroxyl groups is 1. The summed E-state index contributed by atoms with van der Waals surface area (Å²) in [5.41, 5.74) is 0. The van der Waals surface area contributed by atoms with Crippen molar-refractivity contribution < 1.29 is 13.5 Å². The molecule has 1 atom stereocenters. The summed E-state index contributed by atoms with van der Waals surface area (Å²) in [6.45, 7) is 0.00574. The zero-order valence-corrected chi connectivity index (χ0v) is 10.6. The van der Waals surface area contributed by atoms with Gasteiger partial charge in [0, 0.05) is 11.4 Å². The first-order valence-corrected chi connectivity index (χ1v) is 7.26. The van der Waals surface area contributed by atoms with E-state index in [1.54, 1.807) is 6.07 Å². The Morgan fingerprint density at radius 2 is 2.29 bits per heavy atom. The van der Waals surface area contributed by atoms with Crippen LogP contribution < -0.4 is 4.72 Å². The van der Waals surface area contributed by atoms with Gasteiger partial charge in [0.25, 0.3) is 0 Å². The molecule has 1 rings (SSSR count). The number of thiophene rings is 1. The molecule has 0 amide bonds. The van der Waals surface area contributed by atoms with Crippen molar-refractivity contribution in [2.24, 2.45) is 0 Å². The minimum Gasteiger partial charge on any atom is -0.386 e. The average Bonchev–Trinajstić information content (AvgIpc) is 2.46. The van der Waals surface area contributed by atoms with Gasteiger partial charge in [-0.15, -0.1) is 11.3 Å². The van der Waals surface area contributed by atoms with Crippen molar-refractivity contribution in [3.63, 3.8) is 0 Å². The van der Waals surface area contributed by atoms with Gasteiger partial charge in [-0.3, -0.25) is 0 Å². The standard InChI is InChI=1S/C7H10BrNO3S2/c1-14(11,12)9-4-5(10)6-2-3-7(8)13-6/h2-3,5,9-10H,4H2,1H3. The summed E-state index contributed by atoms with van der Waals surface area (Å²) in [4.78, 5) is 0.730. The third kappa shape index (κ3) is 4.05. The zero-order valence-electron chi connectivity index (χ0n) is 7.40. The normalized spacial score (nSPS) is 14.2. The number of sulfonamides is 1. The summed E-state index contributed by atoms with van der Waals surface area (Å²) < 4.78 is 24.6. The fourth-order valence-electron chi connectivity index (χ4n) is 0.838. The van der Waals surface area contributed by atoms with Crippen LogP contribution in [0.1, 0.15) is 11.0 Å². The minimum absolute atomic E-state index is 0.00574. The molecule has 1 aromatic heterocycles. The smallest absolute Gasteiger partial charge is 0.208 e. The Labute approximate surface area is 95.1 Å². The van der Waals surface area contributed by atoms with Gasteiger partial charge >= 0.3 is 0 Å². The van der Waals surface area contributed by atoms with Crippen molar-refractivity contribution in [2.45, 2.75) is 6.10 Å². The average molecular weight is 300 g/mol. The van der Waals surface area contributed by atoms with Gasteiger partial charge in [0.15, 0.2) is 0 Å². The van der Waals surface area contributed by atoms with Crippen LogP contribution in [0.2, 0.25) is 0 Å². The van der Waals surface area contributed by atoms with E-state index in [4.69, 9.17) is 0 Å². The second kappa shape index (κ2) is 4.71. The van der Waals surface area contributed by atoms with Gasteiger partial charge in [-0.1, -0.05) is 0 Å². The minimum atomic E-state index is -3.24. The fraction of sp³-hybridized carbons (Fsp3) is 0.429. The molecule has 0 saturated heterocycles. The Morgan fingerprint density at radius 1 is 1.64 bits per heavy atom. The summed E-state index contributed by atoms with van der Waals surface area (Å²) in [6.07, 6.45) is 0.269. The van der Waals surface area contributed by atoms with E-state index in [-0.39, 0.29) is 6.54 Å². The number of nitrogens with one attached hydrogen (secondary N) is 1. The second-order valence-electron chi connectivity index (χ2n) is 2.78. The Morgan fingerprint density at radius 3 is 2.71 bits per heavy atom. The van der Waals surface area contributed by atoms with Crippen LogP contribution in [0.4, 0.5) is 0 Å². The summed E-state index contributed by atoms with van der Waals surface area (Å²) in [5.74, 6) is 0. The first kappa shape index (κ1) is 12.1. The number of rotatable bonds is 4. The van der Waals surface area contributed by atoms with E-state index in [1.165, 1.54) is 11.3 Å². The van der Waals surface area contributed by atoms with E-state index in [9.17, 15) is 13.5 Å². The van der Waals surface area contributed by atoms with E-state index in [0.29, 0.717) is 0 Å². The maximum atomic E-state index is 10.7. The van der Waals surface area contributed by atoms with Crippen molar-refractivity contribution in [2.75, 3.05) is 12.8 Å². The number of hydrogen-bond acceptors (Lipinski definition) is 4. The van der Waals surface area contributed by atoms with Crippen molar-refractivity contribution in [1.82, 2.24) is 4.72 Å². The molecule has 1 unspecified atom stereocenters. The zero-order chi connectivity index (χ0) is 10.8. The van der Waals surface area contributed by atoms with Gasteiger partial charge in [-0.25, -0.2) is 13.1 Å². The molecule has 7 heteroatoms. The third-order valence-electron chi connectivity index (χ3n) is 1.46. The first-order chi connectivity index (χ1) is 6.38. The van der Waals surface area contributed by atoms with Crippen molar-refractivity contribution >= 4 is 37.3 Å². The van der Waals surface area contributed by atoms with E-state index in [0.717, 1.165) is 14.9 Å². The Balaban J connectivity index is 2.55. The predicted octanol–water partition coefficient (Wildman–Crippen LogP) is 1.09. The molecule has 0 aliphatic carbocycles. The third-order valence-corrected chi connectivity index (χ3v) is 3.88. The predicted molar refractivity (Wildman–Crippen MR) is 59.8 cm³/mol. The van der Waals surface area contributed by atoms with Gasteiger partial charge < -0.3 is 5.11 Å². The molecule has 14 heavy (non-hydrogen) atoms. The molecule has 0 aliphatic heterocycles. The second-order valence-corrected chi connectivity index (χ2v) is 7.11. The SMILES string of the molecule is CS(=O)(=O)NCC(O)c1ccc(Br)s1. The Hall–Kier alpha value is 0.0500. The maximum Gasteiger partial charge on any atom is 0.208 e. The lowest BCUT2D eigenvalue weighted by Crippen LogP contribution is -2.26. The molecule has 0 fully saturated rings. The summed E-state index contributed by atoms with van der Waals surface area (Å²) in [6, 6.07) is 3.56. The number of aliphatic hydroxyl groups excluding tert-OH is 1. The molecule has 0 radical (unpaired) electrons. The van der Waals surface area contributed by atoms with Gasteiger partial charge in [0.05, 0.1) is 10.0 Å². The van der Waals surface area contributed by atoms with Crippen molar-refractivity contribution in [3.05, 3.63) is 20.8 Å². The lowest BCUT2D eigenvalue weighted by molar-refractivity contribution is 0.186. The molecule has 0 spiro atoms. The lowest BCUT2D eigenvalue weighted by atomic mass is 10.3. The first-order valence-electron chi connectivity index (χ1n) is 3.76. The maximum absolute atomic E-state index is 10.7. The van der Waals surface area contributed by atoms with Crippen molar-refractivity contribution in [3.8, 4) is 0 Å². The van der Waals surface area contributed by atoms with Gasteiger partial charge in [0.2, 0.25) is 10.0 Å². The molecule has 0 aliphatic rings. The quantitative estimate of drug-likeness (QED) is 0.875. The lowest BCUT2D eigenvalue weighted by Gasteiger charge is -2.07. The highest BCUT2D eigenvalue weighted by Gasteiger charge is 2.11. The topological polar surface area (TPSA) is 66.4 Å². The van der Waals surface area contributed by atoms with Gasteiger partial charge in [-0.05, 0) is 28.1 Å². The highest BCUT2D eigenvalue weighted by molar-refractivity contribution is 9.11. The van der Waals surface area contributed by atoms with E-state index >= 15 is 0 Å². The monoisotopic (exact) mass is 299 g/mol. The summed E-state index contributed by atoms with van der Waals surface area (Å²) in [5, 5.41) is 9.56. The van der Waals surface area contributed by atoms with E-state index in [1.807, 2.05) is 6.07 Å². The molecule has 0 aromatic carbocycles. The van der Waals surface area contributed by atoms with E-state index in [2.05, 4.69) is 20.7 Å². The van der Waals surface area contributed by atoms with Crippen LogP contribution in [-0.4, -0.2) is 26.3 Å². The summed E-state index contributed by atoms with van der Waals surface area (Å²) >= 11 is 4.64. The highest BCUT2D eigenvalue weighted by atomic mass is 79.9. The molecule has 0 saturated carbocycles. The number of hydrogen-bond donors (Lipinski definition) is 2. The molecule has 80 valence electrons.